The highest BCUT2D eigenvalue weighted by Gasteiger charge is 2.62. The summed E-state index contributed by atoms with van der Waals surface area (Å²) in [5.41, 5.74) is -2.54. The molecule has 0 aromatic heterocycles. The summed E-state index contributed by atoms with van der Waals surface area (Å²) in [6.45, 7) is 1.19. The first-order valence-electron chi connectivity index (χ1n) is 16.9. The van der Waals surface area contributed by atoms with Crippen LogP contribution in [0.4, 0.5) is 0 Å². The van der Waals surface area contributed by atoms with Crippen molar-refractivity contribution in [1.29, 1.82) is 0 Å². The minimum Gasteiger partial charge on any atom is -0.547 e. The Balaban J connectivity index is 1.23. The third-order valence-corrected chi connectivity index (χ3v) is 11.3. The number of aliphatic hydroxyl groups excluding tert-OH is 4. The number of rotatable bonds is 9. The van der Waals surface area contributed by atoms with E-state index in [9.17, 15) is 40.5 Å². The van der Waals surface area contributed by atoms with Crippen LogP contribution < -0.4 is 5.11 Å². The number of nitrogens with zero attached hydrogens (tertiary/aromatic N) is 2. The smallest absolute Gasteiger partial charge is 0.301 e. The number of aliphatic carboxylic acids is 1. The van der Waals surface area contributed by atoms with E-state index in [1.165, 1.54) is 12.9 Å². The number of fused-ring (bicyclic) bond motifs is 1. The molecule has 0 aromatic rings. The van der Waals surface area contributed by atoms with Gasteiger partial charge in [0.2, 0.25) is 0 Å². The maximum Gasteiger partial charge on any atom is 0.301 e. The molecular formula is C32H49N2O13+. The molecule has 6 aliphatic rings. The maximum absolute atomic E-state index is 12.2. The van der Waals surface area contributed by atoms with E-state index >= 15 is 0 Å². The van der Waals surface area contributed by atoms with Crippen molar-refractivity contribution in [3.63, 3.8) is 0 Å². The number of hydrogen-bond donors (Lipinski definition) is 6. The number of aliphatic imine (C=N–C) groups is 1. The van der Waals surface area contributed by atoms with E-state index in [1.54, 1.807) is 7.11 Å². The first kappa shape index (κ1) is 35.2. The summed E-state index contributed by atoms with van der Waals surface area (Å²) in [6.07, 6.45) is -5.29. The first-order chi connectivity index (χ1) is 22.4. The molecule has 0 amide bonds. The second-order valence-corrected chi connectivity index (χ2v) is 14.2. The summed E-state index contributed by atoms with van der Waals surface area (Å²) < 4.78 is 28.6. The number of carboxylic acid groups (broad SMARTS) is 1. The zero-order valence-corrected chi connectivity index (χ0v) is 26.6. The molecule has 264 valence electrons. The van der Waals surface area contributed by atoms with Gasteiger partial charge in [0.15, 0.2) is 35.9 Å². The molecule has 0 aromatic carbocycles. The third-order valence-electron chi connectivity index (χ3n) is 11.3. The van der Waals surface area contributed by atoms with Gasteiger partial charge >= 0.3 is 6.21 Å². The van der Waals surface area contributed by atoms with Crippen LogP contribution in [-0.2, 0) is 23.7 Å². The second kappa shape index (κ2) is 14.3. The lowest BCUT2D eigenvalue weighted by Gasteiger charge is -2.52. The highest BCUT2D eigenvalue weighted by Crippen LogP contribution is 2.45. The normalized spacial score (nSPS) is 46.9. The molecule has 0 spiro atoms. The standard InChI is InChI=1S/C32H48N2O13/c1-43-18-7-5-16(6-8-18)20-11-19(35)23-21(44-20)12-22(26(24(23)36)47-31(41)9-3-2-4-10-31)45-30-25(37)27(38)32(42,28(46-30)29(39)40)13-17-14-33-15-34-17/h14-16,18-28,30,35-38,41-42H,2-13H2,1H3/p+1/t16?,18?,19?,20?,21?,22?,23?,24?,25-,26?,27+,28-,30+,32+/m1/s1. The van der Waals surface area contributed by atoms with Crippen LogP contribution in [0.1, 0.15) is 77.0 Å². The summed E-state index contributed by atoms with van der Waals surface area (Å²) >= 11 is 0. The van der Waals surface area contributed by atoms with Gasteiger partial charge in [-0.1, -0.05) is 11.4 Å². The van der Waals surface area contributed by atoms with E-state index in [1.807, 2.05) is 0 Å². The number of carbonyl (C=O) groups excluding carboxylic acids is 1. The number of ether oxygens (including phenoxy) is 5. The Labute approximate surface area is 274 Å². The van der Waals surface area contributed by atoms with Gasteiger partial charge in [-0.15, -0.1) is 0 Å². The minimum atomic E-state index is -2.54. The zero-order valence-electron chi connectivity index (χ0n) is 26.6. The monoisotopic (exact) mass is 669 g/mol. The summed E-state index contributed by atoms with van der Waals surface area (Å²) in [5, 5.41) is 84.2. The van der Waals surface area contributed by atoms with Crippen LogP contribution in [0, 0.1) is 24.5 Å². The SMILES string of the molecule is COC1CCC(C2CC(O)C3C(CC(O[C@H]4O[C@H](C(=O)[O-])[C@](O)(C[C+]5C=N[CH+][N-]5)[C@@H](O)[C@H]4O)C(OC4(O)CCCCC4)C3O)[OH+]2)CC1. The Bertz CT molecular complexity index is 1100. The van der Waals surface area contributed by atoms with Crippen molar-refractivity contribution >= 4 is 12.2 Å². The Kier molecular flexibility index (Phi) is 10.7. The first-order valence-corrected chi connectivity index (χ1v) is 16.9. The molecule has 2 saturated heterocycles. The number of hydrogen-bond acceptors (Lipinski definition) is 13. The van der Waals surface area contributed by atoms with E-state index in [0.717, 1.165) is 32.1 Å². The molecule has 0 radical (unpaired) electrons. The molecule has 12 atom stereocenters. The number of carbonyl (C=O) groups is 1. The van der Waals surface area contributed by atoms with Crippen molar-refractivity contribution in [3.05, 3.63) is 18.0 Å². The van der Waals surface area contributed by atoms with Gasteiger partial charge in [-0.3, -0.25) is 5.32 Å². The minimum absolute atomic E-state index is 0.0927. The molecule has 3 aliphatic carbocycles. The van der Waals surface area contributed by atoms with Crippen LogP contribution in [0.3, 0.4) is 0 Å². The van der Waals surface area contributed by atoms with Gasteiger partial charge in [-0.25, -0.2) is 0 Å². The third kappa shape index (κ3) is 7.19. The van der Waals surface area contributed by atoms with Gasteiger partial charge in [-0.05, 0) is 38.5 Å². The highest BCUT2D eigenvalue weighted by atomic mass is 16.7. The van der Waals surface area contributed by atoms with Crippen LogP contribution in [0.15, 0.2) is 4.99 Å². The molecule has 5 fully saturated rings. The fourth-order valence-corrected chi connectivity index (χ4v) is 8.64. The summed E-state index contributed by atoms with van der Waals surface area (Å²) in [6, 6.07) is 0.159. The number of methoxy groups -OCH3 is 1. The maximum atomic E-state index is 12.2. The van der Waals surface area contributed by atoms with Crippen LogP contribution in [-0.4, -0.2) is 133 Å². The molecule has 3 aliphatic heterocycles. The Hall–Kier alpha value is -1.60. The highest BCUT2D eigenvalue weighted by molar-refractivity contribution is 5.82. The summed E-state index contributed by atoms with van der Waals surface area (Å²) in [7, 11) is 1.70. The van der Waals surface area contributed by atoms with Crippen molar-refractivity contribution in [2.75, 3.05) is 7.11 Å². The summed E-state index contributed by atoms with van der Waals surface area (Å²) in [5.74, 6) is -3.90. The lowest BCUT2D eigenvalue weighted by molar-refractivity contribution is -0.386. The van der Waals surface area contributed by atoms with Crippen molar-refractivity contribution in [2.24, 2.45) is 16.8 Å². The van der Waals surface area contributed by atoms with Gasteiger partial charge in [0.25, 0.3) is 0 Å². The van der Waals surface area contributed by atoms with E-state index in [4.69, 9.17) is 23.7 Å². The Morgan fingerprint density at radius 3 is 2.45 bits per heavy atom. The quantitative estimate of drug-likeness (QED) is 0.0930. The van der Waals surface area contributed by atoms with Crippen LogP contribution in [0.5, 0.6) is 0 Å². The van der Waals surface area contributed by atoms with Gasteiger partial charge < -0.3 is 64.2 Å². The lowest BCUT2D eigenvalue weighted by atomic mass is 9.71. The van der Waals surface area contributed by atoms with E-state index in [0.29, 0.717) is 32.1 Å². The average Bonchev–Trinajstić information content (AvgIpc) is 3.56. The van der Waals surface area contributed by atoms with Crippen LogP contribution in [0.25, 0.3) is 5.32 Å². The predicted molar refractivity (Wildman–Crippen MR) is 160 cm³/mol. The van der Waals surface area contributed by atoms with Crippen LogP contribution >= 0.6 is 0 Å². The molecule has 7 N–H and O–H groups in total. The summed E-state index contributed by atoms with van der Waals surface area (Å²) in [4.78, 5) is 16.0. The Morgan fingerprint density at radius 1 is 1.09 bits per heavy atom. The van der Waals surface area contributed by atoms with Crippen molar-refractivity contribution in [3.8, 4) is 0 Å². The Morgan fingerprint density at radius 2 is 1.81 bits per heavy atom. The number of aliphatic hydroxyl groups is 8. The average molecular weight is 670 g/mol. The van der Waals surface area contributed by atoms with Gasteiger partial charge in [-0.2, -0.15) is 0 Å². The van der Waals surface area contributed by atoms with Crippen LogP contribution in [0.2, 0.25) is 0 Å². The molecular weight excluding hydrogens is 620 g/mol. The molecule has 7 unspecified atom stereocenters. The lowest BCUT2D eigenvalue weighted by Crippen LogP contribution is -2.71. The van der Waals surface area contributed by atoms with E-state index in [2.05, 4.69) is 10.3 Å². The van der Waals surface area contributed by atoms with Crippen molar-refractivity contribution < 1.29 is 64.2 Å². The fourth-order valence-electron chi connectivity index (χ4n) is 8.64. The topological polar surface area (TPSA) is 238 Å². The molecule has 3 saturated carbocycles. The van der Waals surface area contributed by atoms with E-state index < -0.39 is 84.8 Å². The van der Waals surface area contributed by atoms with Gasteiger partial charge in [0, 0.05) is 38.7 Å². The molecule has 47 heavy (non-hydrogen) atoms. The molecule has 6 rings (SSSR count). The van der Waals surface area contributed by atoms with Gasteiger partial charge in [0.05, 0.1) is 43.0 Å². The van der Waals surface area contributed by atoms with E-state index in [-0.39, 0.29) is 30.6 Å². The molecule has 3 heterocycles. The fraction of sp³-hybridized carbons (Fsp3) is 0.875. The predicted octanol–water partition coefficient (Wildman–Crippen LogP) is -1.55. The van der Waals surface area contributed by atoms with Crippen molar-refractivity contribution in [1.82, 2.24) is 0 Å². The molecule has 0 bridgehead atoms. The molecule has 15 nitrogen and oxygen atoms in total. The van der Waals surface area contributed by atoms with Gasteiger partial charge in [0.1, 0.15) is 30.8 Å². The molecule has 15 heteroatoms. The second-order valence-electron chi connectivity index (χ2n) is 14.2. The zero-order chi connectivity index (χ0) is 33.5. The largest absolute Gasteiger partial charge is 0.547 e. The number of carboxylic acids is 1. The van der Waals surface area contributed by atoms with Crippen molar-refractivity contribution in [2.45, 2.75) is 156 Å².